The maximum Gasteiger partial charge on any atom is 0.365 e. The van der Waals surface area contributed by atoms with Gasteiger partial charge in [-0.3, -0.25) is 0 Å². The normalized spacial score (nSPS) is 15.2. The van der Waals surface area contributed by atoms with E-state index >= 15 is 0 Å². The molecule has 1 saturated carbocycles. The summed E-state index contributed by atoms with van der Waals surface area (Å²) in [5, 5.41) is 10.4. The molecule has 0 amide bonds. The molecule has 0 aromatic carbocycles. The van der Waals surface area contributed by atoms with E-state index in [2.05, 4.69) is 4.98 Å². The van der Waals surface area contributed by atoms with E-state index in [0.29, 0.717) is 5.75 Å². The molecule has 0 atom stereocenters. The van der Waals surface area contributed by atoms with Crippen LogP contribution in [0.3, 0.4) is 0 Å². The molecule has 5 nitrogen and oxygen atoms in total. The van der Waals surface area contributed by atoms with Gasteiger partial charge in [0, 0.05) is 6.07 Å². The number of aromatic nitrogens is 1. The molecular formula is C8H7ClN2O3. The molecule has 74 valence electrons. The van der Waals surface area contributed by atoms with Crippen molar-refractivity contribution in [3.8, 4) is 5.75 Å². The topological polar surface area (TPSA) is 65.3 Å². The summed E-state index contributed by atoms with van der Waals surface area (Å²) in [6.07, 6.45) is 2.22. The van der Waals surface area contributed by atoms with E-state index in [1.165, 1.54) is 12.1 Å². The fourth-order valence-corrected chi connectivity index (χ4v) is 1.16. The van der Waals surface area contributed by atoms with Crippen LogP contribution in [-0.4, -0.2) is 16.0 Å². The molecule has 1 heterocycles. The highest BCUT2D eigenvalue weighted by Crippen LogP contribution is 2.31. The van der Waals surface area contributed by atoms with Crippen LogP contribution in [0, 0.1) is 10.1 Å². The molecule has 0 N–H and O–H groups in total. The first-order valence-corrected chi connectivity index (χ1v) is 4.52. The summed E-state index contributed by atoms with van der Waals surface area (Å²) in [7, 11) is 0. The van der Waals surface area contributed by atoms with Crippen molar-refractivity contribution in [3.05, 3.63) is 27.4 Å². The average Bonchev–Trinajstić information content (AvgIpc) is 2.92. The molecule has 1 aliphatic carbocycles. The van der Waals surface area contributed by atoms with Crippen LogP contribution >= 0.6 is 11.6 Å². The van der Waals surface area contributed by atoms with E-state index in [4.69, 9.17) is 16.3 Å². The number of nitrogens with zero attached hydrogens (tertiary/aromatic N) is 2. The lowest BCUT2D eigenvalue weighted by molar-refractivity contribution is -0.389. The van der Waals surface area contributed by atoms with Gasteiger partial charge >= 0.3 is 5.82 Å². The van der Waals surface area contributed by atoms with E-state index in [9.17, 15) is 10.1 Å². The fraction of sp³-hybridized carbons (Fsp3) is 0.375. The lowest BCUT2D eigenvalue weighted by atomic mass is 10.4. The molecule has 0 radical (unpaired) electrons. The summed E-state index contributed by atoms with van der Waals surface area (Å²) >= 11 is 5.70. The molecule has 0 unspecified atom stereocenters. The number of hydrogen-bond acceptors (Lipinski definition) is 4. The third-order valence-electron chi connectivity index (χ3n) is 1.80. The van der Waals surface area contributed by atoms with Crippen molar-refractivity contribution in [2.45, 2.75) is 18.9 Å². The SMILES string of the molecule is O=[N+]([O-])c1ccc(OC2CC2)c(Cl)n1. The molecule has 1 aliphatic rings. The summed E-state index contributed by atoms with van der Waals surface area (Å²) in [6.45, 7) is 0. The van der Waals surface area contributed by atoms with Gasteiger partial charge < -0.3 is 14.9 Å². The standard InChI is InChI=1S/C8H7ClN2O3/c9-8-6(14-5-1-2-5)3-4-7(10-8)11(12)13/h3-5H,1-2H2. The Morgan fingerprint density at radius 3 is 2.79 bits per heavy atom. The lowest BCUT2D eigenvalue weighted by Crippen LogP contribution is -1.99. The second kappa shape index (κ2) is 3.42. The zero-order valence-electron chi connectivity index (χ0n) is 7.14. The molecule has 14 heavy (non-hydrogen) atoms. The minimum atomic E-state index is -0.590. The van der Waals surface area contributed by atoms with Crippen molar-refractivity contribution in [1.29, 1.82) is 0 Å². The van der Waals surface area contributed by atoms with E-state index in [1.54, 1.807) is 0 Å². The van der Waals surface area contributed by atoms with Gasteiger partial charge in [0.2, 0.25) is 0 Å². The van der Waals surface area contributed by atoms with Crippen LogP contribution in [0.1, 0.15) is 12.8 Å². The second-order valence-corrected chi connectivity index (χ2v) is 3.39. The highest BCUT2D eigenvalue weighted by atomic mass is 35.5. The first-order valence-electron chi connectivity index (χ1n) is 4.14. The zero-order chi connectivity index (χ0) is 10.1. The first-order chi connectivity index (χ1) is 6.66. The van der Waals surface area contributed by atoms with Gasteiger partial charge in [-0.05, 0) is 40.4 Å². The van der Waals surface area contributed by atoms with Crippen LogP contribution in [0.4, 0.5) is 5.82 Å². The summed E-state index contributed by atoms with van der Waals surface area (Å²) in [6, 6.07) is 2.76. The van der Waals surface area contributed by atoms with Gasteiger partial charge in [0.1, 0.15) is 0 Å². The smallest absolute Gasteiger partial charge is 0.365 e. The van der Waals surface area contributed by atoms with Crippen molar-refractivity contribution in [2.75, 3.05) is 0 Å². The predicted molar refractivity (Wildman–Crippen MR) is 49.6 cm³/mol. The van der Waals surface area contributed by atoms with Gasteiger partial charge in [0.05, 0.1) is 6.10 Å². The Morgan fingerprint density at radius 2 is 2.29 bits per heavy atom. The Kier molecular flexibility index (Phi) is 2.25. The third-order valence-corrected chi connectivity index (χ3v) is 2.08. The largest absolute Gasteiger partial charge is 0.485 e. The number of pyridine rings is 1. The molecular weight excluding hydrogens is 208 g/mol. The molecule has 0 aliphatic heterocycles. The fourth-order valence-electron chi connectivity index (χ4n) is 0.967. The minimum absolute atomic E-state index is 0.0473. The lowest BCUT2D eigenvalue weighted by Gasteiger charge is -2.02. The van der Waals surface area contributed by atoms with Crippen molar-refractivity contribution in [3.63, 3.8) is 0 Å². The molecule has 1 aromatic rings. The molecule has 6 heteroatoms. The molecule has 1 fully saturated rings. The van der Waals surface area contributed by atoms with E-state index in [-0.39, 0.29) is 17.1 Å². The van der Waals surface area contributed by atoms with E-state index < -0.39 is 4.92 Å². The Balaban J connectivity index is 2.21. The van der Waals surface area contributed by atoms with Crippen LogP contribution in [0.25, 0.3) is 0 Å². The van der Waals surface area contributed by atoms with Gasteiger partial charge in [-0.2, -0.15) is 0 Å². The van der Waals surface area contributed by atoms with Crippen molar-refractivity contribution in [2.24, 2.45) is 0 Å². The maximum absolute atomic E-state index is 10.3. The van der Waals surface area contributed by atoms with E-state index in [1.807, 2.05) is 0 Å². The zero-order valence-corrected chi connectivity index (χ0v) is 7.90. The molecule has 1 aromatic heterocycles. The summed E-state index contributed by atoms with van der Waals surface area (Å²) in [5.74, 6) is 0.151. The molecule has 0 spiro atoms. The number of ether oxygens (including phenoxy) is 1. The number of rotatable bonds is 3. The summed E-state index contributed by atoms with van der Waals surface area (Å²) in [4.78, 5) is 13.3. The van der Waals surface area contributed by atoms with E-state index in [0.717, 1.165) is 12.8 Å². The maximum atomic E-state index is 10.3. The first kappa shape index (κ1) is 9.21. The summed E-state index contributed by atoms with van der Waals surface area (Å²) in [5.41, 5.74) is 0. The Labute approximate surface area is 84.8 Å². The van der Waals surface area contributed by atoms with Crippen LogP contribution in [0.2, 0.25) is 5.15 Å². The van der Waals surface area contributed by atoms with Gasteiger partial charge in [0.15, 0.2) is 5.75 Å². The van der Waals surface area contributed by atoms with Crippen LogP contribution in [-0.2, 0) is 0 Å². The van der Waals surface area contributed by atoms with Crippen molar-refractivity contribution in [1.82, 2.24) is 4.98 Å². The van der Waals surface area contributed by atoms with Crippen molar-refractivity contribution >= 4 is 17.4 Å². The van der Waals surface area contributed by atoms with Crippen LogP contribution in [0.15, 0.2) is 12.1 Å². The van der Waals surface area contributed by atoms with Gasteiger partial charge in [-0.15, -0.1) is 0 Å². The van der Waals surface area contributed by atoms with Crippen LogP contribution < -0.4 is 4.74 Å². The number of halogens is 1. The monoisotopic (exact) mass is 214 g/mol. The van der Waals surface area contributed by atoms with Crippen LogP contribution in [0.5, 0.6) is 5.75 Å². The highest BCUT2D eigenvalue weighted by Gasteiger charge is 2.26. The predicted octanol–water partition coefficient (Wildman–Crippen LogP) is 2.18. The van der Waals surface area contributed by atoms with Gasteiger partial charge in [-0.1, -0.05) is 0 Å². The van der Waals surface area contributed by atoms with Crippen molar-refractivity contribution < 1.29 is 9.66 Å². The summed E-state index contributed by atoms with van der Waals surface area (Å²) < 4.78 is 5.37. The Morgan fingerprint density at radius 1 is 1.57 bits per heavy atom. The minimum Gasteiger partial charge on any atom is -0.485 e. The molecule has 0 saturated heterocycles. The number of hydrogen-bond donors (Lipinski definition) is 0. The average molecular weight is 215 g/mol. The second-order valence-electron chi connectivity index (χ2n) is 3.03. The molecule has 2 rings (SSSR count). The Hall–Kier alpha value is -1.36. The quantitative estimate of drug-likeness (QED) is 0.440. The molecule has 0 bridgehead atoms. The van der Waals surface area contributed by atoms with Gasteiger partial charge in [0.25, 0.3) is 5.15 Å². The van der Waals surface area contributed by atoms with Gasteiger partial charge in [-0.25, -0.2) is 0 Å². The highest BCUT2D eigenvalue weighted by molar-refractivity contribution is 6.30. The third kappa shape index (κ3) is 1.93. The Bertz CT molecular complexity index is 379. The number of nitro groups is 1.